The van der Waals surface area contributed by atoms with Gasteiger partial charge in [-0.15, -0.1) is 11.3 Å². The second-order valence-electron chi connectivity index (χ2n) is 15.1. The van der Waals surface area contributed by atoms with Gasteiger partial charge < -0.3 is 20.1 Å². The van der Waals surface area contributed by atoms with E-state index in [0.29, 0.717) is 19.3 Å². The summed E-state index contributed by atoms with van der Waals surface area (Å²) in [5.74, 6) is 4.08. The zero-order valence-corrected chi connectivity index (χ0v) is 33.2. The minimum absolute atomic E-state index is 0.0283. The molecule has 1 aliphatic rings. The number of carbonyl (C=O) groups excluding carboxylic acids is 4. The normalized spacial score (nSPS) is 18.5. The molecular formula is C39H62N6O6S. The Morgan fingerprint density at radius 1 is 1.10 bits per heavy atom. The van der Waals surface area contributed by atoms with Crippen LogP contribution in [0.5, 0.6) is 5.75 Å². The molecule has 1 aromatic heterocycles. The lowest BCUT2D eigenvalue weighted by molar-refractivity contribution is -0.149. The molecule has 1 saturated heterocycles. The van der Waals surface area contributed by atoms with Crippen molar-refractivity contribution in [2.45, 2.75) is 117 Å². The molecule has 1 aliphatic heterocycles. The number of methoxy groups -OCH3 is 1. The molecule has 1 aromatic carbocycles. The van der Waals surface area contributed by atoms with Crippen LogP contribution in [0.25, 0.3) is 0 Å². The fourth-order valence-electron chi connectivity index (χ4n) is 7.21. The van der Waals surface area contributed by atoms with E-state index in [2.05, 4.69) is 50.3 Å². The Morgan fingerprint density at radius 2 is 1.79 bits per heavy atom. The van der Waals surface area contributed by atoms with Crippen LogP contribution in [0.4, 0.5) is 0 Å². The number of amides is 3. The van der Waals surface area contributed by atoms with Crippen molar-refractivity contribution in [3.8, 4) is 5.75 Å². The number of hydrogen-bond donors (Lipinski definition) is 4. The molecule has 7 atom stereocenters. The highest BCUT2D eigenvalue weighted by Crippen LogP contribution is 2.32. The van der Waals surface area contributed by atoms with Crippen LogP contribution in [0.3, 0.4) is 0 Å². The zero-order chi connectivity index (χ0) is 38.5. The minimum atomic E-state index is -0.448. The molecule has 3 amide bonds. The summed E-state index contributed by atoms with van der Waals surface area (Å²) in [6.07, 6.45) is 5.35. The Bertz CT molecular complexity index is 1450. The van der Waals surface area contributed by atoms with Crippen molar-refractivity contribution in [1.82, 2.24) is 25.5 Å². The molecule has 0 aliphatic carbocycles. The molecule has 0 radical (unpaired) electrons. The van der Waals surface area contributed by atoms with Gasteiger partial charge in [-0.25, -0.2) is 10.8 Å². The molecule has 3 rings (SSSR count). The molecule has 1 fully saturated rings. The Kier molecular flexibility index (Phi) is 17.2. The average molecular weight is 743 g/mol. The molecule has 1 unspecified atom stereocenters. The van der Waals surface area contributed by atoms with Gasteiger partial charge in [-0.1, -0.05) is 66.5 Å². The largest absolute Gasteiger partial charge is 0.508 e. The summed E-state index contributed by atoms with van der Waals surface area (Å²) in [4.78, 5) is 62.5. The van der Waals surface area contributed by atoms with Gasteiger partial charge in [-0.3, -0.25) is 29.5 Å². The number of Topliss-reactive ketones (excluding diaryl/α,β-unsaturated/α-hetero) is 1. The predicted octanol–water partition coefficient (Wildman–Crippen LogP) is 5.26. The van der Waals surface area contributed by atoms with Crippen LogP contribution >= 0.6 is 11.3 Å². The number of thiazole rings is 1. The first-order valence-electron chi connectivity index (χ1n) is 18.8. The van der Waals surface area contributed by atoms with E-state index in [0.717, 1.165) is 42.8 Å². The number of ether oxygens (including phenoxy) is 1. The van der Waals surface area contributed by atoms with E-state index in [1.165, 1.54) is 11.3 Å². The van der Waals surface area contributed by atoms with Gasteiger partial charge in [0.1, 0.15) is 18.2 Å². The maximum atomic E-state index is 14.4. The van der Waals surface area contributed by atoms with Crippen molar-refractivity contribution in [2.24, 2.45) is 29.5 Å². The van der Waals surface area contributed by atoms with E-state index >= 15 is 0 Å². The summed E-state index contributed by atoms with van der Waals surface area (Å²) in [7, 11) is 3.59. The quantitative estimate of drug-likeness (QED) is 0.0613. The molecule has 0 bridgehead atoms. The van der Waals surface area contributed by atoms with E-state index < -0.39 is 17.9 Å². The number of likely N-dealkylation sites (tertiary alicyclic amines) is 1. The van der Waals surface area contributed by atoms with Crippen molar-refractivity contribution in [3.63, 3.8) is 0 Å². The van der Waals surface area contributed by atoms with E-state index in [9.17, 15) is 24.3 Å². The van der Waals surface area contributed by atoms with Gasteiger partial charge in [0.25, 0.3) is 5.91 Å². The van der Waals surface area contributed by atoms with Gasteiger partial charge in [0.2, 0.25) is 11.8 Å². The summed E-state index contributed by atoms with van der Waals surface area (Å²) in [6, 6.07) is 6.02. The number of nitrogens with one attached hydrogen (secondary N) is 2. The first-order valence-corrected chi connectivity index (χ1v) is 19.6. The molecule has 12 nitrogen and oxygen atoms in total. The molecule has 0 spiro atoms. The van der Waals surface area contributed by atoms with Crippen LogP contribution in [0.2, 0.25) is 0 Å². The number of aromatic nitrogens is 1. The van der Waals surface area contributed by atoms with Crippen LogP contribution < -0.4 is 16.6 Å². The molecule has 52 heavy (non-hydrogen) atoms. The summed E-state index contributed by atoms with van der Waals surface area (Å²) in [5, 5.41) is 15.3. The standard InChI is InChI=1S/C39H62N6O6S/c1-9-25(4)31(21-35(47)33-12-10-11-17-44(33)7)39(50)45(23-51-8)34(24(2)3)19-27(6)38-42-32(22-52-38)37(49)41-29(18-26(5)36(48)43-40)20-28-13-15-30(46)16-14-28/h13-16,22,24-27,29,31,33-34,46H,9-12,17-21,23,40H2,1-8H3,(H,41,49)(H,43,48)/t25?,26-,27+,29+,31-,33+,34+/m0/s1. The lowest BCUT2D eigenvalue weighted by Gasteiger charge is -2.39. The van der Waals surface area contributed by atoms with E-state index in [-0.39, 0.29) is 77.9 Å². The second-order valence-corrected chi connectivity index (χ2v) is 16.0. The van der Waals surface area contributed by atoms with Gasteiger partial charge in [0.15, 0.2) is 5.78 Å². The highest BCUT2D eigenvalue weighted by atomic mass is 32.1. The number of hydrogen-bond acceptors (Lipinski definition) is 10. The second kappa shape index (κ2) is 20.7. The first kappa shape index (κ1) is 43.0. The topological polar surface area (TPSA) is 167 Å². The lowest BCUT2D eigenvalue weighted by Crippen LogP contribution is -2.50. The third-order valence-electron chi connectivity index (χ3n) is 10.7. The third kappa shape index (κ3) is 12.1. The van der Waals surface area contributed by atoms with Crippen LogP contribution in [0.15, 0.2) is 29.6 Å². The molecule has 2 aromatic rings. The maximum Gasteiger partial charge on any atom is 0.270 e. The van der Waals surface area contributed by atoms with Crippen molar-refractivity contribution < 1.29 is 29.0 Å². The summed E-state index contributed by atoms with van der Waals surface area (Å²) in [5.41, 5.74) is 3.36. The Labute approximate surface area is 314 Å². The monoisotopic (exact) mass is 742 g/mol. The number of piperidine rings is 1. The number of phenols is 1. The summed E-state index contributed by atoms with van der Waals surface area (Å²) in [6.45, 7) is 13.1. The van der Waals surface area contributed by atoms with Gasteiger partial charge in [0, 0.05) is 48.7 Å². The van der Waals surface area contributed by atoms with Crippen molar-refractivity contribution in [1.29, 1.82) is 0 Å². The Balaban J connectivity index is 1.78. The van der Waals surface area contributed by atoms with Crippen LogP contribution in [0, 0.1) is 23.7 Å². The lowest BCUT2D eigenvalue weighted by atomic mass is 9.82. The van der Waals surface area contributed by atoms with Crippen LogP contribution in [-0.4, -0.2) is 89.0 Å². The van der Waals surface area contributed by atoms with Crippen LogP contribution in [0.1, 0.15) is 113 Å². The van der Waals surface area contributed by atoms with Gasteiger partial charge >= 0.3 is 0 Å². The third-order valence-corrected chi connectivity index (χ3v) is 11.8. The number of carbonyl (C=O) groups is 4. The van der Waals surface area contributed by atoms with E-state index in [1.54, 1.807) is 43.7 Å². The molecule has 13 heteroatoms. The first-order chi connectivity index (χ1) is 24.7. The highest BCUT2D eigenvalue weighted by molar-refractivity contribution is 7.09. The average Bonchev–Trinajstić information content (AvgIpc) is 3.63. The Morgan fingerprint density at radius 3 is 2.38 bits per heavy atom. The molecule has 5 N–H and O–H groups in total. The van der Waals surface area contributed by atoms with E-state index in [1.807, 2.05) is 11.9 Å². The number of benzene rings is 1. The SMILES string of the molecule is CCC(C)[C@H](CC(=O)[C@H]1CCCCN1C)C(=O)N(COC)[C@H](C[C@@H](C)c1nc(C(=O)N[C@@H](Cc2ccc(O)cc2)C[C@H](C)C(=O)NN)cs1)C(C)C. The fraction of sp³-hybridized carbons (Fsp3) is 0.667. The number of nitrogens with zero attached hydrogens (tertiary/aromatic N) is 3. The summed E-state index contributed by atoms with van der Waals surface area (Å²) < 4.78 is 5.62. The Hall–Kier alpha value is -3.39. The molecular weight excluding hydrogens is 681 g/mol. The highest BCUT2D eigenvalue weighted by Gasteiger charge is 2.38. The number of phenolic OH excluding ortho intramolecular Hbond substituents is 1. The summed E-state index contributed by atoms with van der Waals surface area (Å²) >= 11 is 1.40. The molecule has 0 saturated carbocycles. The number of ketones is 1. The van der Waals surface area contributed by atoms with Gasteiger partial charge in [0.05, 0.1) is 11.0 Å². The van der Waals surface area contributed by atoms with Crippen LogP contribution in [-0.2, 0) is 25.5 Å². The van der Waals surface area contributed by atoms with Gasteiger partial charge in [-0.2, -0.15) is 0 Å². The fourth-order valence-corrected chi connectivity index (χ4v) is 8.08. The number of likely N-dealkylation sites (N-methyl/N-ethyl adjacent to an activating group) is 1. The number of hydrazine groups is 1. The number of rotatable bonds is 20. The smallest absolute Gasteiger partial charge is 0.270 e. The number of nitrogens with two attached hydrogens (primary N) is 1. The van der Waals surface area contributed by atoms with Gasteiger partial charge in [-0.05, 0) is 75.2 Å². The molecule has 290 valence electrons. The predicted molar refractivity (Wildman–Crippen MR) is 205 cm³/mol. The van der Waals surface area contributed by atoms with Crippen molar-refractivity contribution in [3.05, 3.63) is 45.9 Å². The maximum absolute atomic E-state index is 14.4. The zero-order valence-electron chi connectivity index (χ0n) is 32.4. The number of aromatic hydroxyl groups is 1. The van der Waals surface area contributed by atoms with E-state index in [4.69, 9.17) is 15.6 Å². The molecule has 2 heterocycles. The minimum Gasteiger partial charge on any atom is -0.508 e. The van der Waals surface area contributed by atoms with Crippen molar-refractivity contribution in [2.75, 3.05) is 27.4 Å². The van der Waals surface area contributed by atoms with Crippen molar-refractivity contribution >= 4 is 34.8 Å².